The molecule has 1 amide bonds. The minimum Gasteiger partial charge on any atom is -0.443 e. The molecule has 15 heavy (non-hydrogen) atoms. The maximum absolute atomic E-state index is 11.3. The van der Waals surface area contributed by atoms with Gasteiger partial charge in [-0.05, 0) is 27.2 Å². The molecule has 5 heteroatoms. The maximum atomic E-state index is 11.3. The lowest BCUT2D eigenvalue weighted by Crippen LogP contribution is -2.48. The fourth-order valence-electron chi connectivity index (χ4n) is 1.06. The molecule has 90 valence electrons. The molecular weight excluding hydrogens is 196 g/mol. The van der Waals surface area contributed by atoms with Crippen molar-refractivity contribution < 1.29 is 14.6 Å². The molecule has 0 fully saturated rings. The highest BCUT2D eigenvalue weighted by atomic mass is 16.6. The van der Waals surface area contributed by atoms with Crippen molar-refractivity contribution in [3.05, 3.63) is 0 Å². The molecule has 0 aromatic rings. The monoisotopic (exact) mass is 218 g/mol. The van der Waals surface area contributed by atoms with Crippen molar-refractivity contribution in [2.45, 2.75) is 45.8 Å². The standard InChI is InChI=1S/C10H22N2O3/c1-6-8(7-13)12(5)11-9(14)15-10(2,3)4/h8,13H,6-7H2,1-5H3,(H,11,14). The summed E-state index contributed by atoms with van der Waals surface area (Å²) in [4.78, 5) is 11.3. The van der Waals surface area contributed by atoms with E-state index in [0.29, 0.717) is 0 Å². The van der Waals surface area contributed by atoms with E-state index in [2.05, 4.69) is 5.43 Å². The third-order valence-corrected chi connectivity index (χ3v) is 1.90. The van der Waals surface area contributed by atoms with Crippen LogP contribution in [0.15, 0.2) is 0 Å². The smallest absolute Gasteiger partial charge is 0.422 e. The summed E-state index contributed by atoms with van der Waals surface area (Å²) >= 11 is 0. The molecule has 1 unspecified atom stereocenters. The number of amides is 1. The molecule has 5 nitrogen and oxygen atoms in total. The number of likely N-dealkylation sites (N-methyl/N-ethyl adjacent to an activating group) is 1. The molecule has 0 heterocycles. The van der Waals surface area contributed by atoms with Gasteiger partial charge < -0.3 is 9.84 Å². The van der Waals surface area contributed by atoms with Crippen LogP contribution < -0.4 is 5.43 Å². The van der Waals surface area contributed by atoms with Gasteiger partial charge in [0.15, 0.2) is 0 Å². The van der Waals surface area contributed by atoms with Gasteiger partial charge in [-0.25, -0.2) is 9.80 Å². The minimum atomic E-state index is -0.508. The van der Waals surface area contributed by atoms with Gasteiger partial charge in [0.05, 0.1) is 12.6 Å². The number of hydrogen-bond acceptors (Lipinski definition) is 4. The lowest BCUT2D eigenvalue weighted by molar-refractivity contribution is 0.0240. The quantitative estimate of drug-likeness (QED) is 0.694. The van der Waals surface area contributed by atoms with Crippen LogP contribution in [0.3, 0.4) is 0 Å². The SMILES string of the molecule is CCC(CO)N(C)NC(=O)OC(C)(C)C. The van der Waals surface area contributed by atoms with E-state index in [0.717, 1.165) is 6.42 Å². The summed E-state index contributed by atoms with van der Waals surface area (Å²) in [6.45, 7) is 7.35. The molecule has 0 aliphatic heterocycles. The number of nitrogens with one attached hydrogen (secondary N) is 1. The third-order valence-electron chi connectivity index (χ3n) is 1.90. The summed E-state index contributed by atoms with van der Waals surface area (Å²) in [5.41, 5.74) is 2.04. The second-order valence-corrected chi connectivity index (χ2v) is 4.47. The molecule has 2 N–H and O–H groups in total. The van der Waals surface area contributed by atoms with Crippen molar-refractivity contribution in [2.75, 3.05) is 13.7 Å². The van der Waals surface area contributed by atoms with Gasteiger partial charge in [-0.1, -0.05) is 6.92 Å². The van der Waals surface area contributed by atoms with Crippen LogP contribution in [-0.2, 0) is 4.74 Å². The number of rotatable bonds is 4. The number of carbonyl (C=O) groups excluding carboxylic acids is 1. The van der Waals surface area contributed by atoms with E-state index in [4.69, 9.17) is 9.84 Å². The highest BCUT2D eigenvalue weighted by Crippen LogP contribution is 2.07. The van der Waals surface area contributed by atoms with Crippen LogP contribution in [0, 0.1) is 0 Å². The lowest BCUT2D eigenvalue weighted by Gasteiger charge is -2.27. The van der Waals surface area contributed by atoms with E-state index in [1.165, 1.54) is 0 Å². The second kappa shape index (κ2) is 5.92. The zero-order valence-corrected chi connectivity index (χ0v) is 10.2. The van der Waals surface area contributed by atoms with Crippen molar-refractivity contribution in [2.24, 2.45) is 0 Å². The summed E-state index contributed by atoms with van der Waals surface area (Å²) in [6.07, 6.45) is 0.250. The normalized spacial score (nSPS) is 13.8. The molecule has 0 aliphatic carbocycles. The van der Waals surface area contributed by atoms with E-state index in [1.54, 1.807) is 32.8 Å². The Bertz CT molecular complexity index is 197. The first-order chi connectivity index (χ1) is 6.80. The van der Waals surface area contributed by atoms with Crippen LogP contribution in [0.2, 0.25) is 0 Å². The second-order valence-electron chi connectivity index (χ2n) is 4.47. The number of aliphatic hydroxyl groups is 1. The van der Waals surface area contributed by atoms with Gasteiger partial charge in [0, 0.05) is 7.05 Å². The largest absolute Gasteiger partial charge is 0.443 e. The fourth-order valence-corrected chi connectivity index (χ4v) is 1.06. The van der Waals surface area contributed by atoms with Crippen LogP contribution in [0.4, 0.5) is 4.79 Å². The highest BCUT2D eigenvalue weighted by Gasteiger charge is 2.19. The van der Waals surface area contributed by atoms with Gasteiger partial charge in [0.25, 0.3) is 0 Å². The van der Waals surface area contributed by atoms with Crippen molar-refractivity contribution >= 4 is 6.09 Å². The van der Waals surface area contributed by atoms with Crippen molar-refractivity contribution in [1.29, 1.82) is 0 Å². The topological polar surface area (TPSA) is 61.8 Å². The summed E-state index contributed by atoms with van der Waals surface area (Å²) < 4.78 is 5.07. The summed E-state index contributed by atoms with van der Waals surface area (Å²) in [6, 6.07) is -0.0856. The summed E-state index contributed by atoms with van der Waals surface area (Å²) in [5.74, 6) is 0. The summed E-state index contributed by atoms with van der Waals surface area (Å²) in [7, 11) is 1.70. The average molecular weight is 218 g/mol. The van der Waals surface area contributed by atoms with Crippen LogP contribution in [0.1, 0.15) is 34.1 Å². The van der Waals surface area contributed by atoms with Crippen LogP contribution in [0.25, 0.3) is 0 Å². The first-order valence-corrected chi connectivity index (χ1v) is 5.13. The Morgan fingerprint density at radius 3 is 2.40 bits per heavy atom. The van der Waals surface area contributed by atoms with Gasteiger partial charge >= 0.3 is 6.09 Å². The molecule has 1 atom stereocenters. The number of hydrazine groups is 1. The van der Waals surface area contributed by atoms with Crippen molar-refractivity contribution in [1.82, 2.24) is 10.4 Å². The Hall–Kier alpha value is -0.810. The fraction of sp³-hybridized carbons (Fsp3) is 0.900. The Labute approximate surface area is 91.4 Å². The molecule has 0 aliphatic rings. The first-order valence-electron chi connectivity index (χ1n) is 5.13. The number of carbonyl (C=O) groups is 1. The minimum absolute atomic E-state index is 0.00278. The Kier molecular flexibility index (Phi) is 5.60. The van der Waals surface area contributed by atoms with Gasteiger partial charge in [0.1, 0.15) is 5.60 Å². The van der Waals surface area contributed by atoms with Gasteiger partial charge in [-0.2, -0.15) is 0 Å². The van der Waals surface area contributed by atoms with Crippen LogP contribution in [0.5, 0.6) is 0 Å². The molecule has 0 aromatic carbocycles. The Balaban J connectivity index is 4.06. The predicted octanol–water partition coefficient (Wildman–Crippen LogP) is 1.13. The Morgan fingerprint density at radius 2 is 2.07 bits per heavy atom. The molecule has 0 bridgehead atoms. The van der Waals surface area contributed by atoms with E-state index in [1.807, 2.05) is 6.92 Å². The van der Waals surface area contributed by atoms with E-state index in [9.17, 15) is 4.79 Å². The third kappa shape index (κ3) is 6.30. The first kappa shape index (κ1) is 14.2. The molecule has 0 saturated heterocycles. The van der Waals surface area contributed by atoms with Gasteiger partial charge in [-0.3, -0.25) is 5.43 Å². The van der Waals surface area contributed by atoms with E-state index >= 15 is 0 Å². The Morgan fingerprint density at radius 1 is 1.53 bits per heavy atom. The van der Waals surface area contributed by atoms with Crippen molar-refractivity contribution in [3.63, 3.8) is 0 Å². The van der Waals surface area contributed by atoms with E-state index in [-0.39, 0.29) is 12.6 Å². The van der Waals surface area contributed by atoms with Gasteiger partial charge in [0.2, 0.25) is 0 Å². The molecule has 0 aromatic heterocycles. The maximum Gasteiger partial charge on any atom is 0.422 e. The molecule has 0 radical (unpaired) electrons. The molecule has 0 spiro atoms. The predicted molar refractivity (Wildman–Crippen MR) is 58.3 cm³/mol. The zero-order valence-electron chi connectivity index (χ0n) is 10.2. The molecule has 0 saturated carbocycles. The molecular formula is C10H22N2O3. The number of nitrogens with zero attached hydrogens (tertiary/aromatic N) is 1. The average Bonchev–Trinajstić information content (AvgIpc) is 2.02. The van der Waals surface area contributed by atoms with Gasteiger partial charge in [-0.15, -0.1) is 0 Å². The number of hydrogen-bond donors (Lipinski definition) is 2. The lowest BCUT2D eigenvalue weighted by atomic mass is 10.2. The zero-order chi connectivity index (χ0) is 12.1. The van der Waals surface area contributed by atoms with Crippen LogP contribution >= 0.6 is 0 Å². The summed E-state index contributed by atoms with van der Waals surface area (Å²) in [5, 5.41) is 10.6. The van der Waals surface area contributed by atoms with Crippen molar-refractivity contribution in [3.8, 4) is 0 Å². The van der Waals surface area contributed by atoms with E-state index < -0.39 is 11.7 Å². The number of ether oxygens (including phenoxy) is 1. The highest BCUT2D eigenvalue weighted by molar-refractivity contribution is 5.67. The molecule has 0 rings (SSSR count). The number of aliphatic hydroxyl groups excluding tert-OH is 1. The van der Waals surface area contributed by atoms with Crippen LogP contribution in [-0.4, -0.2) is 41.5 Å².